The van der Waals surface area contributed by atoms with Gasteiger partial charge in [-0.15, -0.1) is 0 Å². The van der Waals surface area contributed by atoms with E-state index >= 15 is 0 Å². The molecule has 8 heteroatoms. The van der Waals surface area contributed by atoms with Crippen LogP contribution in [0.2, 0.25) is 0 Å². The first kappa shape index (κ1) is 16.4. The first-order valence-corrected chi connectivity index (χ1v) is 7.43. The summed E-state index contributed by atoms with van der Waals surface area (Å²) in [5.41, 5.74) is 2.03. The molecule has 3 aromatic rings. The molecule has 0 saturated heterocycles. The predicted octanol–water partition coefficient (Wildman–Crippen LogP) is 2.98. The van der Waals surface area contributed by atoms with Crippen LogP contribution in [0.3, 0.4) is 0 Å². The van der Waals surface area contributed by atoms with E-state index in [9.17, 15) is 9.18 Å². The minimum absolute atomic E-state index is 0. The Balaban J connectivity index is 0.00000243. The molecule has 0 aliphatic carbocycles. The third-order valence-electron chi connectivity index (χ3n) is 3.49. The van der Waals surface area contributed by atoms with Crippen molar-refractivity contribution in [3.8, 4) is 0 Å². The number of anilines is 3. The van der Waals surface area contributed by atoms with Gasteiger partial charge in [0.05, 0.1) is 18.1 Å². The van der Waals surface area contributed by atoms with E-state index in [2.05, 4.69) is 25.3 Å². The number of benzene rings is 1. The van der Waals surface area contributed by atoms with Gasteiger partial charge in [0.15, 0.2) is 0 Å². The molecular weight excluding hydrogens is 323 g/mol. The molecule has 0 unspecified atom stereocenters. The van der Waals surface area contributed by atoms with Crippen LogP contribution in [0.1, 0.15) is 17.5 Å². The fraction of sp³-hybridized carbons (Fsp3) is 0.118. The van der Waals surface area contributed by atoms with E-state index in [4.69, 9.17) is 0 Å². The zero-order valence-electron chi connectivity index (χ0n) is 13.6. The van der Waals surface area contributed by atoms with Crippen molar-refractivity contribution in [2.24, 2.45) is 0 Å². The van der Waals surface area contributed by atoms with Crippen molar-refractivity contribution in [3.05, 3.63) is 66.3 Å². The molecule has 0 saturated carbocycles. The second-order valence-electron chi connectivity index (χ2n) is 5.33. The van der Waals surface area contributed by atoms with Gasteiger partial charge in [0.2, 0.25) is 5.95 Å². The highest BCUT2D eigenvalue weighted by molar-refractivity contribution is 6.04. The van der Waals surface area contributed by atoms with Crippen LogP contribution in [0.5, 0.6) is 0 Å². The molecule has 0 aliphatic rings. The van der Waals surface area contributed by atoms with Crippen LogP contribution in [0.15, 0.2) is 49.2 Å². The van der Waals surface area contributed by atoms with Gasteiger partial charge in [-0.1, -0.05) is 0 Å². The van der Waals surface area contributed by atoms with Gasteiger partial charge in [-0.3, -0.25) is 10.1 Å². The van der Waals surface area contributed by atoms with Crippen molar-refractivity contribution >= 4 is 23.2 Å². The number of rotatable bonds is 4. The Hall–Kier alpha value is -3.42. The lowest BCUT2D eigenvalue weighted by Gasteiger charge is -2.19. The van der Waals surface area contributed by atoms with E-state index in [0.717, 1.165) is 6.07 Å². The molecule has 2 aromatic heterocycles. The number of aryl methyl sites for hydroxylation is 1. The number of carbonyl (C=O) groups is 1. The number of hydrogen-bond acceptors (Lipinski definition) is 6. The third-order valence-corrected chi connectivity index (χ3v) is 3.49. The Morgan fingerprint density at radius 1 is 1.20 bits per heavy atom. The highest BCUT2D eigenvalue weighted by Crippen LogP contribution is 2.24. The topological polar surface area (TPSA) is 83.9 Å². The van der Waals surface area contributed by atoms with Gasteiger partial charge in [0, 0.05) is 31.6 Å². The second-order valence-corrected chi connectivity index (χ2v) is 5.33. The fourth-order valence-corrected chi connectivity index (χ4v) is 2.20. The number of hydrogen-bond donors (Lipinski definition) is 1. The van der Waals surface area contributed by atoms with E-state index < -0.39 is 11.7 Å². The van der Waals surface area contributed by atoms with Crippen LogP contribution in [-0.2, 0) is 0 Å². The standard InChI is InChI=1S/C17H15FN6O.H2/c1-11-3-4-21-17(22-11)23-16(25)12-5-13(18)7-14(6-12)24(2)15-8-19-10-20-9-15;/h3-10H,1-2H3,(H,21,22,23,25);1H. The summed E-state index contributed by atoms with van der Waals surface area (Å²) in [5.74, 6) is -0.860. The van der Waals surface area contributed by atoms with Crippen LogP contribution < -0.4 is 10.2 Å². The smallest absolute Gasteiger partial charge is 0.258 e. The van der Waals surface area contributed by atoms with Crippen LogP contribution in [0.4, 0.5) is 21.7 Å². The van der Waals surface area contributed by atoms with E-state index in [-0.39, 0.29) is 12.9 Å². The maximum absolute atomic E-state index is 14.0. The van der Waals surface area contributed by atoms with Crippen molar-refractivity contribution < 1.29 is 10.6 Å². The zero-order valence-corrected chi connectivity index (χ0v) is 13.6. The van der Waals surface area contributed by atoms with Gasteiger partial charge in [-0.05, 0) is 31.2 Å². The predicted molar refractivity (Wildman–Crippen MR) is 93.3 cm³/mol. The molecule has 0 atom stereocenters. The van der Waals surface area contributed by atoms with Crippen LogP contribution >= 0.6 is 0 Å². The summed E-state index contributed by atoms with van der Waals surface area (Å²) < 4.78 is 14.0. The Morgan fingerprint density at radius 2 is 1.96 bits per heavy atom. The van der Waals surface area contributed by atoms with Gasteiger partial charge in [0.1, 0.15) is 12.1 Å². The molecule has 1 aromatic carbocycles. The SMILES string of the molecule is Cc1ccnc(NC(=O)c2cc(F)cc(N(C)c3cncnc3)c2)n1.[HH]. The minimum atomic E-state index is -0.531. The fourth-order valence-electron chi connectivity index (χ4n) is 2.20. The van der Waals surface area contributed by atoms with Gasteiger partial charge in [0.25, 0.3) is 5.91 Å². The first-order valence-electron chi connectivity index (χ1n) is 7.43. The molecule has 0 aliphatic heterocycles. The van der Waals surface area contributed by atoms with E-state index in [1.54, 1.807) is 43.4 Å². The normalized spacial score (nSPS) is 10.4. The van der Waals surface area contributed by atoms with Crippen molar-refractivity contribution in [1.82, 2.24) is 19.9 Å². The number of carbonyl (C=O) groups excluding carboxylic acids is 1. The van der Waals surface area contributed by atoms with Crippen LogP contribution in [-0.4, -0.2) is 32.9 Å². The van der Waals surface area contributed by atoms with Crippen molar-refractivity contribution in [2.75, 3.05) is 17.3 Å². The number of halogens is 1. The summed E-state index contributed by atoms with van der Waals surface area (Å²) in [7, 11) is 1.73. The Labute approximate surface area is 145 Å². The van der Waals surface area contributed by atoms with Gasteiger partial charge in [-0.2, -0.15) is 0 Å². The van der Waals surface area contributed by atoms with E-state index in [1.165, 1.54) is 18.6 Å². The molecule has 25 heavy (non-hydrogen) atoms. The number of amides is 1. The maximum atomic E-state index is 14.0. The van der Waals surface area contributed by atoms with Crippen molar-refractivity contribution in [1.29, 1.82) is 0 Å². The van der Waals surface area contributed by atoms with E-state index in [0.29, 0.717) is 17.1 Å². The monoisotopic (exact) mass is 340 g/mol. The van der Waals surface area contributed by atoms with Crippen molar-refractivity contribution in [2.45, 2.75) is 6.92 Å². The third kappa shape index (κ3) is 3.92. The molecule has 1 amide bonds. The highest BCUT2D eigenvalue weighted by Gasteiger charge is 2.13. The van der Waals surface area contributed by atoms with E-state index in [1.807, 2.05) is 0 Å². The molecule has 0 fully saturated rings. The summed E-state index contributed by atoms with van der Waals surface area (Å²) in [6.07, 6.45) is 6.14. The lowest BCUT2D eigenvalue weighted by molar-refractivity contribution is 0.102. The average molecular weight is 340 g/mol. The molecular formula is C17H17FN6O. The van der Waals surface area contributed by atoms with Gasteiger partial charge < -0.3 is 4.90 Å². The lowest BCUT2D eigenvalue weighted by atomic mass is 10.1. The lowest BCUT2D eigenvalue weighted by Crippen LogP contribution is -2.16. The molecule has 0 spiro atoms. The quantitative estimate of drug-likeness (QED) is 0.786. The molecule has 7 nitrogen and oxygen atoms in total. The van der Waals surface area contributed by atoms with Crippen molar-refractivity contribution in [3.63, 3.8) is 0 Å². The number of nitrogens with one attached hydrogen (secondary N) is 1. The van der Waals surface area contributed by atoms with Crippen LogP contribution in [0.25, 0.3) is 0 Å². The Bertz CT molecular complexity index is 909. The minimum Gasteiger partial charge on any atom is -0.342 e. The summed E-state index contributed by atoms with van der Waals surface area (Å²) >= 11 is 0. The summed E-state index contributed by atoms with van der Waals surface area (Å²) in [6, 6.07) is 5.77. The molecule has 2 heterocycles. The maximum Gasteiger partial charge on any atom is 0.258 e. The summed E-state index contributed by atoms with van der Waals surface area (Å²) in [5, 5.41) is 2.56. The molecule has 1 N–H and O–H groups in total. The molecule has 0 radical (unpaired) electrons. The Morgan fingerprint density at radius 3 is 2.68 bits per heavy atom. The number of aromatic nitrogens is 4. The largest absolute Gasteiger partial charge is 0.342 e. The molecule has 0 bridgehead atoms. The second kappa shape index (κ2) is 7.00. The van der Waals surface area contributed by atoms with Gasteiger partial charge in [-0.25, -0.2) is 24.3 Å². The Kier molecular flexibility index (Phi) is 4.60. The molecule has 3 rings (SSSR count). The highest BCUT2D eigenvalue weighted by atomic mass is 19.1. The molecule has 128 valence electrons. The average Bonchev–Trinajstić information content (AvgIpc) is 2.61. The summed E-state index contributed by atoms with van der Waals surface area (Å²) in [6.45, 7) is 1.79. The van der Waals surface area contributed by atoms with Gasteiger partial charge >= 0.3 is 0 Å². The zero-order chi connectivity index (χ0) is 17.8. The summed E-state index contributed by atoms with van der Waals surface area (Å²) in [4.78, 5) is 30.0. The first-order chi connectivity index (χ1) is 12.0. The van der Waals surface area contributed by atoms with Crippen LogP contribution in [0, 0.1) is 12.7 Å². The number of nitrogens with zero attached hydrogens (tertiary/aromatic N) is 5.